The number of amides is 2. The molecule has 2 aromatic rings. The fourth-order valence-electron chi connectivity index (χ4n) is 2.46. The zero-order valence-electron chi connectivity index (χ0n) is 10.5. The van der Waals surface area contributed by atoms with Crippen LogP contribution < -0.4 is 5.32 Å². The van der Waals surface area contributed by atoms with Gasteiger partial charge in [-0.2, -0.15) is 0 Å². The summed E-state index contributed by atoms with van der Waals surface area (Å²) in [6.07, 6.45) is 5.40. The first kappa shape index (κ1) is 12.3. The van der Waals surface area contributed by atoms with Gasteiger partial charge in [0.05, 0.1) is 18.6 Å². The van der Waals surface area contributed by atoms with Crippen LogP contribution in [0.15, 0.2) is 40.5 Å². The number of carbonyl (C=O) groups excluding carboxylic acids is 1. The van der Waals surface area contributed by atoms with E-state index < -0.39 is 0 Å². The summed E-state index contributed by atoms with van der Waals surface area (Å²) in [4.78, 5) is 15.4. The zero-order chi connectivity index (χ0) is 13.1. The number of hydrogen-bond acceptors (Lipinski definition) is 3. The number of carbonyl (C=O) groups is 1. The lowest BCUT2D eigenvalue weighted by molar-refractivity contribution is 0.193. The molecule has 2 amide bonds. The Hall–Kier alpha value is -1.75. The van der Waals surface area contributed by atoms with Gasteiger partial charge in [0, 0.05) is 23.5 Å². The molecule has 0 aromatic carbocycles. The maximum Gasteiger partial charge on any atom is 0.318 e. The second-order valence-electron chi connectivity index (χ2n) is 4.66. The lowest BCUT2D eigenvalue weighted by atomic mass is 10.2. The molecule has 0 saturated carbocycles. The topological polar surface area (TPSA) is 45.5 Å². The van der Waals surface area contributed by atoms with Crippen LogP contribution in [0.25, 0.3) is 0 Å². The lowest BCUT2D eigenvalue weighted by Crippen LogP contribution is -2.38. The van der Waals surface area contributed by atoms with Crippen LogP contribution in [-0.4, -0.2) is 17.5 Å². The third kappa shape index (κ3) is 2.66. The number of rotatable bonds is 3. The van der Waals surface area contributed by atoms with Crippen LogP contribution in [0.2, 0.25) is 0 Å². The van der Waals surface area contributed by atoms with Crippen molar-refractivity contribution in [3.63, 3.8) is 0 Å². The van der Waals surface area contributed by atoms with Gasteiger partial charge < -0.3 is 14.6 Å². The molecule has 1 fully saturated rings. The number of nitrogens with zero attached hydrogens (tertiary/aromatic N) is 1. The number of thiophene rings is 1. The summed E-state index contributed by atoms with van der Waals surface area (Å²) in [6.45, 7) is 1.35. The van der Waals surface area contributed by atoms with Crippen molar-refractivity contribution < 1.29 is 9.21 Å². The molecule has 0 spiro atoms. The SMILES string of the molecule is O=C(NCc1ccoc1)N1CCC[C@@H]1c1cccs1. The van der Waals surface area contributed by atoms with Crippen molar-refractivity contribution in [1.29, 1.82) is 0 Å². The monoisotopic (exact) mass is 276 g/mol. The van der Waals surface area contributed by atoms with E-state index in [1.54, 1.807) is 23.9 Å². The van der Waals surface area contributed by atoms with E-state index in [0.29, 0.717) is 6.54 Å². The third-order valence-electron chi connectivity index (χ3n) is 3.41. The van der Waals surface area contributed by atoms with Gasteiger partial charge in [0.1, 0.15) is 0 Å². The van der Waals surface area contributed by atoms with Crippen molar-refractivity contribution in [3.05, 3.63) is 46.5 Å². The van der Waals surface area contributed by atoms with Crippen LogP contribution in [0.5, 0.6) is 0 Å². The third-order valence-corrected chi connectivity index (χ3v) is 4.38. The Morgan fingerprint density at radius 1 is 1.53 bits per heavy atom. The minimum atomic E-state index is 0.0112. The molecule has 0 radical (unpaired) electrons. The van der Waals surface area contributed by atoms with Gasteiger partial charge in [-0.05, 0) is 30.4 Å². The first-order chi connectivity index (χ1) is 9.34. The Labute approximate surface area is 116 Å². The van der Waals surface area contributed by atoms with Gasteiger partial charge in [0.15, 0.2) is 0 Å². The summed E-state index contributed by atoms with van der Waals surface area (Å²) < 4.78 is 4.99. The van der Waals surface area contributed by atoms with Crippen LogP contribution in [0.3, 0.4) is 0 Å². The molecule has 2 aromatic heterocycles. The predicted octanol–water partition coefficient (Wildman–Crippen LogP) is 3.39. The van der Waals surface area contributed by atoms with E-state index in [0.717, 1.165) is 24.9 Å². The van der Waals surface area contributed by atoms with Crippen LogP contribution in [0.1, 0.15) is 29.3 Å². The first-order valence-electron chi connectivity index (χ1n) is 6.43. The Balaban J connectivity index is 1.62. The summed E-state index contributed by atoms with van der Waals surface area (Å²) in [6, 6.07) is 6.26. The van der Waals surface area contributed by atoms with Crippen molar-refractivity contribution in [2.75, 3.05) is 6.54 Å². The molecule has 0 unspecified atom stereocenters. The van der Waals surface area contributed by atoms with Gasteiger partial charge in [0.2, 0.25) is 0 Å². The van der Waals surface area contributed by atoms with E-state index in [9.17, 15) is 4.79 Å². The second kappa shape index (κ2) is 5.48. The van der Waals surface area contributed by atoms with E-state index in [2.05, 4.69) is 16.8 Å². The van der Waals surface area contributed by atoms with Crippen molar-refractivity contribution in [1.82, 2.24) is 10.2 Å². The molecule has 100 valence electrons. The molecule has 0 bridgehead atoms. The summed E-state index contributed by atoms with van der Waals surface area (Å²) >= 11 is 1.72. The number of furan rings is 1. The van der Waals surface area contributed by atoms with E-state index >= 15 is 0 Å². The molecule has 0 aliphatic carbocycles. The van der Waals surface area contributed by atoms with Gasteiger partial charge in [0.25, 0.3) is 0 Å². The highest BCUT2D eigenvalue weighted by Gasteiger charge is 2.30. The molecular formula is C14H16N2O2S. The summed E-state index contributed by atoms with van der Waals surface area (Å²) in [7, 11) is 0. The molecule has 4 nitrogen and oxygen atoms in total. The number of likely N-dealkylation sites (tertiary alicyclic amines) is 1. The fraction of sp³-hybridized carbons (Fsp3) is 0.357. The van der Waals surface area contributed by atoms with E-state index in [4.69, 9.17) is 4.42 Å². The van der Waals surface area contributed by atoms with Crippen LogP contribution in [0, 0.1) is 0 Å². The molecule has 1 atom stereocenters. The predicted molar refractivity (Wildman–Crippen MR) is 73.9 cm³/mol. The largest absolute Gasteiger partial charge is 0.472 e. The fourth-order valence-corrected chi connectivity index (χ4v) is 3.33. The minimum Gasteiger partial charge on any atom is -0.472 e. The quantitative estimate of drug-likeness (QED) is 0.934. The highest BCUT2D eigenvalue weighted by molar-refractivity contribution is 7.10. The summed E-state index contributed by atoms with van der Waals surface area (Å²) in [5, 5.41) is 5.02. The molecule has 3 rings (SSSR count). The molecular weight excluding hydrogens is 260 g/mol. The normalized spacial score (nSPS) is 18.7. The van der Waals surface area contributed by atoms with Gasteiger partial charge in [-0.15, -0.1) is 11.3 Å². The Kier molecular flexibility index (Phi) is 3.55. The van der Waals surface area contributed by atoms with Crippen LogP contribution in [0.4, 0.5) is 4.79 Å². The van der Waals surface area contributed by atoms with E-state index in [1.807, 2.05) is 17.0 Å². The highest BCUT2D eigenvalue weighted by Crippen LogP contribution is 2.34. The van der Waals surface area contributed by atoms with Crippen molar-refractivity contribution in [3.8, 4) is 0 Å². The average molecular weight is 276 g/mol. The molecule has 1 saturated heterocycles. The Morgan fingerprint density at radius 2 is 2.47 bits per heavy atom. The second-order valence-corrected chi connectivity index (χ2v) is 5.64. The first-order valence-corrected chi connectivity index (χ1v) is 7.31. The highest BCUT2D eigenvalue weighted by atomic mass is 32.1. The number of nitrogens with one attached hydrogen (secondary N) is 1. The minimum absolute atomic E-state index is 0.0112. The van der Waals surface area contributed by atoms with Gasteiger partial charge >= 0.3 is 6.03 Å². The van der Waals surface area contributed by atoms with Gasteiger partial charge in [-0.25, -0.2) is 4.79 Å². The molecule has 19 heavy (non-hydrogen) atoms. The Bertz CT molecular complexity index is 522. The van der Waals surface area contributed by atoms with Crippen LogP contribution in [-0.2, 0) is 6.54 Å². The number of urea groups is 1. The molecule has 5 heteroatoms. The van der Waals surface area contributed by atoms with Crippen LogP contribution >= 0.6 is 11.3 Å². The molecule has 1 aliphatic rings. The van der Waals surface area contributed by atoms with Crippen molar-refractivity contribution in [2.24, 2.45) is 0 Å². The van der Waals surface area contributed by atoms with E-state index in [-0.39, 0.29) is 12.1 Å². The Morgan fingerprint density at radius 3 is 3.21 bits per heavy atom. The van der Waals surface area contributed by atoms with Crippen molar-refractivity contribution in [2.45, 2.75) is 25.4 Å². The lowest BCUT2D eigenvalue weighted by Gasteiger charge is -2.24. The maximum absolute atomic E-state index is 12.2. The standard InChI is InChI=1S/C14H16N2O2S/c17-14(15-9-11-5-7-18-10-11)16-6-1-3-12(16)13-4-2-8-19-13/h2,4-5,7-8,10,12H,1,3,6,9H2,(H,15,17)/t12-/m1/s1. The molecule has 1 aliphatic heterocycles. The summed E-state index contributed by atoms with van der Waals surface area (Å²) in [5.74, 6) is 0. The number of hydrogen-bond donors (Lipinski definition) is 1. The average Bonchev–Trinajstić information content (AvgIpc) is 3.14. The van der Waals surface area contributed by atoms with Gasteiger partial charge in [-0.1, -0.05) is 6.07 Å². The summed E-state index contributed by atoms with van der Waals surface area (Å²) in [5.41, 5.74) is 0.986. The van der Waals surface area contributed by atoms with E-state index in [1.165, 1.54) is 4.88 Å². The molecule has 1 N–H and O–H groups in total. The molecule has 3 heterocycles. The van der Waals surface area contributed by atoms with Crippen molar-refractivity contribution >= 4 is 17.4 Å². The maximum atomic E-state index is 12.2. The zero-order valence-corrected chi connectivity index (χ0v) is 11.4. The van der Waals surface area contributed by atoms with Gasteiger partial charge in [-0.3, -0.25) is 0 Å². The smallest absolute Gasteiger partial charge is 0.318 e.